The predicted octanol–water partition coefficient (Wildman–Crippen LogP) is 5.05. The van der Waals surface area contributed by atoms with Crippen LogP contribution in [0.25, 0.3) is 0 Å². The SMILES string of the molecule is CC(C)C1CCC(C)(P(C)C)C(P(C)C)C1. The standard InChI is InChI=1S/C14H30P2/c1-11(2)12-8-9-14(3,16(6)7)13(10-12)15(4)5/h11-13H,8-10H2,1-7H3. The second kappa shape index (κ2) is 5.67. The van der Waals surface area contributed by atoms with Crippen LogP contribution in [0.3, 0.4) is 0 Å². The maximum absolute atomic E-state index is 2.59. The van der Waals surface area contributed by atoms with Gasteiger partial charge in [-0.05, 0) is 68.6 Å². The van der Waals surface area contributed by atoms with E-state index in [1.165, 1.54) is 19.3 Å². The first-order valence-electron chi connectivity index (χ1n) is 6.63. The molecule has 1 aliphatic rings. The van der Waals surface area contributed by atoms with E-state index in [0.29, 0.717) is 5.16 Å². The molecule has 0 heterocycles. The molecule has 0 aliphatic heterocycles. The summed E-state index contributed by atoms with van der Waals surface area (Å²) in [7, 11) is 0.431. The first-order valence-corrected chi connectivity index (χ1v) is 11.2. The monoisotopic (exact) mass is 260 g/mol. The van der Waals surface area contributed by atoms with E-state index in [9.17, 15) is 0 Å². The van der Waals surface area contributed by atoms with E-state index < -0.39 is 0 Å². The summed E-state index contributed by atoms with van der Waals surface area (Å²) >= 11 is 0. The highest BCUT2D eigenvalue weighted by molar-refractivity contribution is 7.61. The van der Waals surface area contributed by atoms with Gasteiger partial charge in [0, 0.05) is 0 Å². The fourth-order valence-corrected chi connectivity index (χ4v) is 7.79. The Balaban J connectivity index is 2.83. The van der Waals surface area contributed by atoms with Crippen LogP contribution in [0.2, 0.25) is 0 Å². The van der Waals surface area contributed by atoms with Crippen LogP contribution in [0.5, 0.6) is 0 Å². The Hall–Kier alpha value is 0.860. The maximum atomic E-state index is 2.59. The van der Waals surface area contributed by atoms with Crippen LogP contribution in [-0.2, 0) is 0 Å². The lowest BCUT2D eigenvalue weighted by molar-refractivity contribution is 0.254. The van der Waals surface area contributed by atoms with E-state index in [0.717, 1.165) is 17.5 Å². The molecule has 0 saturated heterocycles. The van der Waals surface area contributed by atoms with Crippen LogP contribution in [-0.4, -0.2) is 37.5 Å². The lowest BCUT2D eigenvalue weighted by Crippen LogP contribution is -2.42. The van der Waals surface area contributed by atoms with Crippen LogP contribution in [0.1, 0.15) is 40.0 Å². The topological polar surface area (TPSA) is 0 Å². The van der Waals surface area contributed by atoms with Crippen molar-refractivity contribution in [2.24, 2.45) is 11.8 Å². The maximum Gasteiger partial charge on any atom is -0.00602 e. The van der Waals surface area contributed by atoms with Crippen molar-refractivity contribution in [3.05, 3.63) is 0 Å². The van der Waals surface area contributed by atoms with E-state index in [2.05, 4.69) is 47.4 Å². The molecule has 0 aromatic rings. The quantitative estimate of drug-likeness (QED) is 0.623. The Bertz CT molecular complexity index is 223. The molecule has 1 aliphatic carbocycles. The highest BCUT2D eigenvalue weighted by Gasteiger charge is 2.43. The van der Waals surface area contributed by atoms with Gasteiger partial charge in [-0.15, -0.1) is 15.8 Å². The van der Waals surface area contributed by atoms with Crippen LogP contribution >= 0.6 is 15.8 Å². The van der Waals surface area contributed by atoms with Gasteiger partial charge >= 0.3 is 0 Å². The Labute approximate surface area is 105 Å². The van der Waals surface area contributed by atoms with Gasteiger partial charge in [-0.3, -0.25) is 0 Å². The van der Waals surface area contributed by atoms with Crippen molar-refractivity contribution >= 4 is 15.8 Å². The summed E-state index contributed by atoms with van der Waals surface area (Å²) in [4.78, 5) is 0. The molecule has 1 fully saturated rings. The minimum absolute atomic E-state index is 0.205. The second-order valence-electron chi connectivity index (χ2n) is 6.51. The summed E-state index contributed by atoms with van der Waals surface area (Å²) in [5.41, 5.74) is 1.02. The molecule has 1 rings (SSSR count). The molecule has 0 spiro atoms. The van der Waals surface area contributed by atoms with Gasteiger partial charge < -0.3 is 0 Å². The van der Waals surface area contributed by atoms with E-state index in [4.69, 9.17) is 0 Å². The smallest absolute Gasteiger partial charge is 0.00602 e. The number of hydrogen-bond acceptors (Lipinski definition) is 0. The van der Waals surface area contributed by atoms with E-state index in [1.54, 1.807) is 0 Å². The Morgan fingerprint density at radius 3 is 2.06 bits per heavy atom. The molecule has 1 saturated carbocycles. The number of hydrogen-bond donors (Lipinski definition) is 0. The molecule has 0 aromatic carbocycles. The lowest BCUT2D eigenvalue weighted by Gasteiger charge is -2.50. The summed E-state index contributed by atoms with van der Waals surface area (Å²) < 4.78 is 0. The summed E-state index contributed by atoms with van der Waals surface area (Å²) in [6.45, 7) is 17.4. The first kappa shape index (κ1) is 14.9. The minimum atomic E-state index is 0.205. The van der Waals surface area contributed by atoms with Gasteiger partial charge in [-0.2, -0.15) is 0 Å². The van der Waals surface area contributed by atoms with Gasteiger partial charge in [0.05, 0.1) is 0 Å². The summed E-state index contributed by atoms with van der Waals surface area (Å²) in [6, 6.07) is 0. The van der Waals surface area contributed by atoms with Crippen molar-refractivity contribution in [3.63, 3.8) is 0 Å². The molecule has 0 radical (unpaired) electrons. The largest absolute Gasteiger partial charge is 0.109 e. The molecule has 96 valence electrons. The van der Waals surface area contributed by atoms with Crippen LogP contribution in [0, 0.1) is 11.8 Å². The molecule has 0 nitrogen and oxygen atoms in total. The highest BCUT2D eigenvalue weighted by Crippen LogP contribution is 2.61. The highest BCUT2D eigenvalue weighted by atomic mass is 31.1. The third-order valence-corrected chi connectivity index (χ3v) is 9.66. The van der Waals surface area contributed by atoms with Gasteiger partial charge in [0.1, 0.15) is 0 Å². The molecule has 0 amide bonds. The van der Waals surface area contributed by atoms with Crippen LogP contribution < -0.4 is 0 Å². The molecule has 3 unspecified atom stereocenters. The average Bonchev–Trinajstić information content (AvgIpc) is 2.17. The molecule has 0 aromatic heterocycles. The van der Waals surface area contributed by atoms with Gasteiger partial charge in [0.15, 0.2) is 0 Å². The molecule has 0 bridgehead atoms. The predicted molar refractivity (Wildman–Crippen MR) is 81.9 cm³/mol. The molecule has 2 heteroatoms. The molecular weight excluding hydrogens is 230 g/mol. The van der Waals surface area contributed by atoms with Gasteiger partial charge in [0.2, 0.25) is 0 Å². The van der Waals surface area contributed by atoms with Gasteiger partial charge in [-0.1, -0.05) is 20.8 Å². The molecule has 3 atom stereocenters. The zero-order chi connectivity index (χ0) is 12.5. The van der Waals surface area contributed by atoms with Gasteiger partial charge in [0.25, 0.3) is 0 Å². The Morgan fingerprint density at radius 1 is 1.12 bits per heavy atom. The summed E-state index contributed by atoms with van der Waals surface area (Å²) in [6.07, 6.45) is 4.47. The normalized spacial score (nSPS) is 36.4. The third-order valence-electron chi connectivity index (χ3n) is 4.85. The van der Waals surface area contributed by atoms with E-state index >= 15 is 0 Å². The van der Waals surface area contributed by atoms with E-state index in [-0.39, 0.29) is 15.8 Å². The van der Waals surface area contributed by atoms with Crippen molar-refractivity contribution in [1.82, 2.24) is 0 Å². The zero-order valence-corrected chi connectivity index (χ0v) is 14.0. The summed E-state index contributed by atoms with van der Waals surface area (Å²) in [5.74, 6) is 1.89. The van der Waals surface area contributed by atoms with Crippen molar-refractivity contribution in [3.8, 4) is 0 Å². The fraction of sp³-hybridized carbons (Fsp3) is 1.00. The van der Waals surface area contributed by atoms with Gasteiger partial charge in [-0.25, -0.2) is 0 Å². The molecule has 16 heavy (non-hydrogen) atoms. The summed E-state index contributed by atoms with van der Waals surface area (Å²) in [5, 5.41) is 0.677. The van der Waals surface area contributed by atoms with Crippen LogP contribution in [0.4, 0.5) is 0 Å². The lowest BCUT2D eigenvalue weighted by atomic mass is 9.76. The zero-order valence-electron chi connectivity index (χ0n) is 12.2. The minimum Gasteiger partial charge on any atom is -0.109 e. The molecular formula is C14H30P2. The third kappa shape index (κ3) is 3.00. The first-order chi connectivity index (χ1) is 7.29. The van der Waals surface area contributed by atoms with Crippen molar-refractivity contribution < 1.29 is 0 Å². The second-order valence-corrected chi connectivity index (χ2v) is 11.9. The Kier molecular flexibility index (Phi) is 5.28. The van der Waals surface area contributed by atoms with Crippen molar-refractivity contribution in [2.75, 3.05) is 26.7 Å². The average molecular weight is 260 g/mol. The fourth-order valence-electron chi connectivity index (χ4n) is 3.20. The van der Waals surface area contributed by atoms with Crippen molar-refractivity contribution in [2.45, 2.75) is 50.8 Å². The molecule has 0 N–H and O–H groups in total. The number of rotatable bonds is 3. The van der Waals surface area contributed by atoms with Crippen LogP contribution in [0.15, 0.2) is 0 Å². The Morgan fingerprint density at radius 2 is 1.69 bits per heavy atom. The van der Waals surface area contributed by atoms with E-state index in [1.807, 2.05) is 0 Å². The van der Waals surface area contributed by atoms with Crippen molar-refractivity contribution in [1.29, 1.82) is 0 Å².